The molecule has 2 aromatic heterocycles. The van der Waals surface area contributed by atoms with E-state index in [0.717, 1.165) is 18.2 Å². The number of ether oxygens (including phenoxy) is 1. The Balaban J connectivity index is 1.51. The molecule has 2 aliphatic rings. The van der Waals surface area contributed by atoms with Crippen molar-refractivity contribution in [3.05, 3.63) is 41.6 Å². The molecule has 0 radical (unpaired) electrons. The Morgan fingerprint density at radius 1 is 1.43 bits per heavy atom. The summed E-state index contributed by atoms with van der Waals surface area (Å²) in [7, 11) is 1.92. The summed E-state index contributed by atoms with van der Waals surface area (Å²) in [4.78, 5) is 14.4. The summed E-state index contributed by atoms with van der Waals surface area (Å²) in [6.45, 7) is 2.67. The fourth-order valence-corrected chi connectivity index (χ4v) is 3.14. The van der Waals surface area contributed by atoms with Gasteiger partial charge >= 0.3 is 0 Å². The highest BCUT2D eigenvalue weighted by atomic mass is 16.5. The molecule has 6 heteroatoms. The molecule has 6 nitrogen and oxygen atoms in total. The normalized spacial score (nSPS) is 20.6. The molecule has 23 heavy (non-hydrogen) atoms. The van der Waals surface area contributed by atoms with Gasteiger partial charge in [0.1, 0.15) is 0 Å². The molecule has 0 spiro atoms. The second-order valence-electron chi connectivity index (χ2n) is 6.51. The van der Waals surface area contributed by atoms with Crippen molar-refractivity contribution in [3.63, 3.8) is 0 Å². The van der Waals surface area contributed by atoms with Crippen molar-refractivity contribution in [2.45, 2.75) is 25.3 Å². The molecular formula is C17H21N3O3. The summed E-state index contributed by atoms with van der Waals surface area (Å²) < 4.78 is 13.0. The first kappa shape index (κ1) is 14.5. The van der Waals surface area contributed by atoms with E-state index in [0.29, 0.717) is 25.5 Å². The molecule has 0 bridgehead atoms. The van der Waals surface area contributed by atoms with Gasteiger partial charge in [-0.05, 0) is 30.9 Å². The van der Waals surface area contributed by atoms with Gasteiger partial charge in [0.25, 0.3) is 5.91 Å². The Labute approximate surface area is 135 Å². The maximum atomic E-state index is 12.6. The zero-order valence-corrected chi connectivity index (χ0v) is 13.3. The number of amides is 1. The van der Waals surface area contributed by atoms with Gasteiger partial charge in [-0.25, -0.2) is 0 Å². The third-order valence-corrected chi connectivity index (χ3v) is 4.70. The molecule has 1 aliphatic carbocycles. The molecule has 0 saturated heterocycles. The number of carbonyl (C=O) groups excluding carboxylic acids is 1. The van der Waals surface area contributed by atoms with Gasteiger partial charge in [0, 0.05) is 31.7 Å². The lowest BCUT2D eigenvalue weighted by Crippen LogP contribution is -2.40. The first-order chi connectivity index (χ1) is 11.2. The van der Waals surface area contributed by atoms with Crippen molar-refractivity contribution < 1.29 is 13.9 Å². The number of nitrogens with zero attached hydrogens (tertiary/aromatic N) is 3. The van der Waals surface area contributed by atoms with Gasteiger partial charge < -0.3 is 14.1 Å². The standard InChI is InChI=1S/C17H21N3O3/c1-19-15-9-20(17(21)16-3-2-6-23-16)8-13(14(15)7-18-19)11-22-10-12-4-5-12/h2-3,6-7,12-13H,4-5,8-11H2,1H3/t13-/m1/s1. The monoisotopic (exact) mass is 315 g/mol. The van der Waals surface area contributed by atoms with E-state index in [-0.39, 0.29) is 11.8 Å². The van der Waals surface area contributed by atoms with Gasteiger partial charge in [0.15, 0.2) is 5.76 Å². The van der Waals surface area contributed by atoms with Crippen molar-refractivity contribution in [1.82, 2.24) is 14.7 Å². The van der Waals surface area contributed by atoms with Gasteiger partial charge in [-0.2, -0.15) is 5.10 Å². The van der Waals surface area contributed by atoms with Crippen LogP contribution in [0.15, 0.2) is 29.0 Å². The smallest absolute Gasteiger partial charge is 0.289 e. The molecule has 0 aromatic carbocycles. The van der Waals surface area contributed by atoms with Crippen LogP contribution in [0.2, 0.25) is 0 Å². The lowest BCUT2D eigenvalue weighted by molar-refractivity contribution is 0.0596. The minimum Gasteiger partial charge on any atom is -0.459 e. The molecule has 1 fully saturated rings. The highest BCUT2D eigenvalue weighted by molar-refractivity contribution is 5.91. The third kappa shape index (κ3) is 2.91. The van der Waals surface area contributed by atoms with E-state index in [2.05, 4.69) is 5.10 Å². The van der Waals surface area contributed by atoms with Crippen LogP contribution < -0.4 is 0 Å². The predicted molar refractivity (Wildman–Crippen MR) is 82.9 cm³/mol. The van der Waals surface area contributed by atoms with Crippen molar-refractivity contribution in [3.8, 4) is 0 Å². The maximum absolute atomic E-state index is 12.6. The quantitative estimate of drug-likeness (QED) is 0.848. The van der Waals surface area contributed by atoms with Crippen LogP contribution in [0.3, 0.4) is 0 Å². The van der Waals surface area contributed by atoms with Crippen LogP contribution in [0.1, 0.15) is 40.6 Å². The number of aryl methyl sites for hydroxylation is 1. The summed E-state index contributed by atoms with van der Waals surface area (Å²) in [6, 6.07) is 3.45. The number of aromatic nitrogens is 2. The van der Waals surface area contributed by atoms with E-state index >= 15 is 0 Å². The number of rotatable bonds is 5. The molecule has 2 aromatic rings. The Bertz CT molecular complexity index is 688. The van der Waals surface area contributed by atoms with Crippen molar-refractivity contribution in [2.75, 3.05) is 19.8 Å². The molecule has 122 valence electrons. The Morgan fingerprint density at radius 2 is 2.30 bits per heavy atom. The predicted octanol–water partition coefficient (Wildman–Crippen LogP) is 2.18. The van der Waals surface area contributed by atoms with Gasteiger partial charge in [-0.3, -0.25) is 9.48 Å². The Hall–Kier alpha value is -2.08. The molecule has 1 saturated carbocycles. The topological polar surface area (TPSA) is 60.5 Å². The lowest BCUT2D eigenvalue weighted by Gasteiger charge is -2.32. The minimum atomic E-state index is -0.0750. The summed E-state index contributed by atoms with van der Waals surface area (Å²) in [5.41, 5.74) is 2.28. The van der Waals surface area contributed by atoms with Gasteiger partial charge in [0.05, 0.1) is 31.3 Å². The van der Waals surface area contributed by atoms with Gasteiger partial charge in [-0.1, -0.05) is 0 Å². The molecular weight excluding hydrogens is 294 g/mol. The second kappa shape index (κ2) is 5.85. The van der Waals surface area contributed by atoms with E-state index in [4.69, 9.17) is 9.15 Å². The number of furan rings is 1. The Morgan fingerprint density at radius 3 is 3.04 bits per heavy atom. The first-order valence-corrected chi connectivity index (χ1v) is 8.13. The van der Waals surface area contributed by atoms with Crippen LogP contribution in [0.5, 0.6) is 0 Å². The highest BCUT2D eigenvalue weighted by Crippen LogP contribution is 2.32. The fraction of sp³-hybridized carbons (Fsp3) is 0.529. The van der Waals surface area contributed by atoms with E-state index in [9.17, 15) is 4.79 Å². The SMILES string of the molecule is Cn1ncc2c1CN(C(=O)c1ccco1)C[C@@H]2COCC1CC1. The molecule has 4 rings (SSSR count). The minimum absolute atomic E-state index is 0.0750. The van der Waals surface area contributed by atoms with Crippen molar-refractivity contribution in [2.24, 2.45) is 13.0 Å². The number of fused-ring (bicyclic) bond motifs is 1. The summed E-state index contributed by atoms with van der Waals surface area (Å²) in [5.74, 6) is 1.22. The molecule has 1 amide bonds. The molecule has 1 aliphatic heterocycles. The highest BCUT2D eigenvalue weighted by Gasteiger charge is 2.32. The number of carbonyl (C=O) groups is 1. The van der Waals surface area contributed by atoms with Crippen LogP contribution in [0, 0.1) is 5.92 Å². The van der Waals surface area contributed by atoms with Crippen LogP contribution in [-0.4, -0.2) is 40.3 Å². The molecule has 0 unspecified atom stereocenters. The largest absolute Gasteiger partial charge is 0.459 e. The van der Waals surface area contributed by atoms with E-state index in [1.165, 1.54) is 24.7 Å². The average Bonchev–Trinajstić information content (AvgIpc) is 3.07. The number of hydrogen-bond acceptors (Lipinski definition) is 4. The van der Waals surface area contributed by atoms with Crippen molar-refractivity contribution >= 4 is 5.91 Å². The van der Waals surface area contributed by atoms with Crippen LogP contribution in [0.25, 0.3) is 0 Å². The van der Waals surface area contributed by atoms with E-state index in [1.54, 1.807) is 12.1 Å². The zero-order chi connectivity index (χ0) is 15.8. The van der Waals surface area contributed by atoms with Crippen LogP contribution in [0.4, 0.5) is 0 Å². The summed E-state index contributed by atoms with van der Waals surface area (Å²) in [6.07, 6.45) is 6.01. The zero-order valence-electron chi connectivity index (χ0n) is 13.3. The van der Waals surface area contributed by atoms with Gasteiger partial charge in [-0.15, -0.1) is 0 Å². The Kier molecular flexibility index (Phi) is 3.69. The van der Waals surface area contributed by atoms with E-state index < -0.39 is 0 Å². The van der Waals surface area contributed by atoms with Crippen LogP contribution >= 0.6 is 0 Å². The second-order valence-corrected chi connectivity index (χ2v) is 6.51. The summed E-state index contributed by atoms with van der Waals surface area (Å²) in [5, 5.41) is 4.36. The average molecular weight is 315 g/mol. The van der Waals surface area contributed by atoms with Crippen molar-refractivity contribution in [1.29, 1.82) is 0 Å². The lowest BCUT2D eigenvalue weighted by atomic mass is 9.95. The fourth-order valence-electron chi connectivity index (χ4n) is 3.14. The maximum Gasteiger partial charge on any atom is 0.289 e. The third-order valence-electron chi connectivity index (χ3n) is 4.70. The van der Waals surface area contributed by atoms with Crippen LogP contribution in [-0.2, 0) is 18.3 Å². The number of hydrogen-bond donors (Lipinski definition) is 0. The van der Waals surface area contributed by atoms with E-state index in [1.807, 2.05) is 22.8 Å². The molecule has 1 atom stereocenters. The molecule has 0 N–H and O–H groups in total. The van der Waals surface area contributed by atoms with Gasteiger partial charge in [0.2, 0.25) is 0 Å². The molecule has 3 heterocycles. The summed E-state index contributed by atoms with van der Waals surface area (Å²) >= 11 is 0. The first-order valence-electron chi connectivity index (χ1n) is 8.13.